The van der Waals surface area contributed by atoms with Crippen LogP contribution in [0, 0.1) is 5.92 Å². The molecule has 9 heteroatoms. The molecule has 0 spiro atoms. The molecule has 4 atom stereocenters. The van der Waals surface area contributed by atoms with Gasteiger partial charge in [-0.15, -0.1) is 0 Å². The van der Waals surface area contributed by atoms with Crippen molar-refractivity contribution in [2.75, 3.05) is 51.3 Å². The van der Waals surface area contributed by atoms with Crippen LogP contribution < -0.4 is 10.2 Å². The molecule has 2 unspecified atom stereocenters. The highest BCUT2D eigenvalue weighted by Gasteiger charge is 2.54. The molecule has 202 valence electrons. The summed E-state index contributed by atoms with van der Waals surface area (Å²) in [6, 6.07) is 6.94. The molecule has 1 N–H and O–H groups in total. The zero-order chi connectivity index (χ0) is 26.1. The number of ketones is 1. The van der Waals surface area contributed by atoms with Crippen LogP contribution in [0.25, 0.3) is 0 Å². The first kappa shape index (κ1) is 26.1. The average molecular weight is 513 g/mol. The lowest BCUT2D eigenvalue weighted by molar-refractivity contribution is -0.139. The Kier molecular flexibility index (Phi) is 7.83. The van der Waals surface area contributed by atoms with Gasteiger partial charge in [-0.25, -0.2) is 0 Å². The van der Waals surface area contributed by atoms with E-state index in [9.17, 15) is 14.4 Å². The summed E-state index contributed by atoms with van der Waals surface area (Å²) in [6.07, 6.45) is 3.08. The van der Waals surface area contributed by atoms with Gasteiger partial charge in [-0.2, -0.15) is 0 Å². The number of anilines is 1. The topological polar surface area (TPSA) is 91.4 Å². The Morgan fingerprint density at radius 3 is 2.35 bits per heavy atom. The second kappa shape index (κ2) is 11.1. The van der Waals surface area contributed by atoms with Crippen molar-refractivity contribution in [2.24, 2.45) is 5.92 Å². The van der Waals surface area contributed by atoms with Gasteiger partial charge < -0.3 is 24.6 Å². The number of ether oxygens (including phenoxy) is 2. The predicted molar refractivity (Wildman–Crippen MR) is 140 cm³/mol. The fraction of sp³-hybridized carbons (Fsp3) is 0.679. The molecule has 2 amide bonds. The van der Waals surface area contributed by atoms with Gasteiger partial charge in [-0.05, 0) is 56.9 Å². The molecule has 1 aromatic rings. The fourth-order valence-corrected chi connectivity index (χ4v) is 6.44. The number of hydrogen-bond acceptors (Lipinski definition) is 7. The first-order valence-electron chi connectivity index (χ1n) is 13.7. The van der Waals surface area contributed by atoms with Gasteiger partial charge in [0.15, 0.2) is 5.78 Å². The Labute approximate surface area is 219 Å². The molecule has 0 bridgehead atoms. The van der Waals surface area contributed by atoms with Crippen LogP contribution >= 0.6 is 0 Å². The molecule has 4 fully saturated rings. The van der Waals surface area contributed by atoms with Gasteiger partial charge >= 0.3 is 0 Å². The second-order valence-corrected chi connectivity index (χ2v) is 11.1. The molecule has 5 rings (SSSR count). The van der Waals surface area contributed by atoms with Crippen LogP contribution in [0.3, 0.4) is 0 Å². The molecule has 0 radical (unpaired) electrons. The molecule has 0 aromatic heterocycles. The van der Waals surface area contributed by atoms with E-state index < -0.39 is 18.2 Å². The smallest absolute Gasteiger partial charge is 0.251 e. The molecule has 4 aliphatic rings. The lowest BCUT2D eigenvalue weighted by atomic mass is 9.95. The number of benzene rings is 1. The fourth-order valence-electron chi connectivity index (χ4n) is 6.44. The van der Waals surface area contributed by atoms with Crippen molar-refractivity contribution in [1.29, 1.82) is 0 Å². The molecular formula is C28H40N4O5. The van der Waals surface area contributed by atoms with Gasteiger partial charge in [-0.1, -0.05) is 12.8 Å². The second-order valence-electron chi connectivity index (χ2n) is 11.1. The number of rotatable bonds is 7. The summed E-state index contributed by atoms with van der Waals surface area (Å²) in [5, 5.41) is 3.05. The molecule has 9 nitrogen and oxygen atoms in total. The number of amides is 2. The van der Waals surface area contributed by atoms with Gasteiger partial charge in [0.05, 0.1) is 6.54 Å². The summed E-state index contributed by atoms with van der Waals surface area (Å²) in [5.74, 6) is -0.493. The van der Waals surface area contributed by atoms with Crippen molar-refractivity contribution in [3.63, 3.8) is 0 Å². The molecule has 1 aromatic carbocycles. The van der Waals surface area contributed by atoms with Crippen molar-refractivity contribution in [1.82, 2.24) is 15.1 Å². The molecular weight excluding hydrogens is 472 g/mol. The Morgan fingerprint density at radius 2 is 1.73 bits per heavy atom. The third kappa shape index (κ3) is 5.26. The van der Waals surface area contributed by atoms with E-state index in [0.717, 1.165) is 57.5 Å². The van der Waals surface area contributed by atoms with Crippen molar-refractivity contribution < 1.29 is 23.9 Å². The summed E-state index contributed by atoms with van der Waals surface area (Å²) in [5.41, 5.74) is 1.64. The average Bonchev–Trinajstić information content (AvgIpc) is 3.66. The summed E-state index contributed by atoms with van der Waals surface area (Å²) in [6.45, 7) is 8.73. The number of Topliss-reactive ketones (excluding diaryl/α,β-unsaturated/α-hetero) is 1. The largest absolute Gasteiger partial charge is 0.377 e. The Balaban J connectivity index is 1.27. The maximum atomic E-state index is 13.8. The van der Waals surface area contributed by atoms with E-state index in [1.54, 1.807) is 12.0 Å². The van der Waals surface area contributed by atoms with E-state index in [-0.39, 0.29) is 36.2 Å². The number of nitrogens with one attached hydrogen (secondary N) is 1. The zero-order valence-corrected chi connectivity index (χ0v) is 22.2. The monoisotopic (exact) mass is 512 g/mol. The summed E-state index contributed by atoms with van der Waals surface area (Å²) in [7, 11) is 1.58. The van der Waals surface area contributed by atoms with E-state index in [1.165, 1.54) is 0 Å². The van der Waals surface area contributed by atoms with Crippen LogP contribution in [0.5, 0.6) is 0 Å². The van der Waals surface area contributed by atoms with Crippen molar-refractivity contribution >= 4 is 23.3 Å². The van der Waals surface area contributed by atoms with Crippen LogP contribution in [0.15, 0.2) is 24.3 Å². The third-order valence-electron chi connectivity index (χ3n) is 8.69. The summed E-state index contributed by atoms with van der Waals surface area (Å²) < 4.78 is 11.2. The van der Waals surface area contributed by atoms with Crippen molar-refractivity contribution in [3.8, 4) is 0 Å². The molecule has 37 heavy (non-hydrogen) atoms. The minimum Gasteiger partial charge on any atom is -0.377 e. The van der Waals surface area contributed by atoms with Gasteiger partial charge in [0, 0.05) is 50.6 Å². The van der Waals surface area contributed by atoms with Gasteiger partial charge in [0.1, 0.15) is 30.9 Å². The van der Waals surface area contributed by atoms with Crippen LogP contribution in [0.1, 0.15) is 49.9 Å². The van der Waals surface area contributed by atoms with Crippen molar-refractivity contribution in [2.45, 2.75) is 69.9 Å². The number of fused-ring (bicyclic) bond motifs is 1. The zero-order valence-electron chi connectivity index (χ0n) is 22.2. The number of likely N-dealkylation sites (tertiary alicyclic amines) is 1. The Bertz CT molecular complexity index is 985. The number of carbonyl (C=O) groups excluding carboxylic acids is 3. The predicted octanol–water partition coefficient (Wildman–Crippen LogP) is 1.70. The number of hydrogen-bond donors (Lipinski definition) is 1. The van der Waals surface area contributed by atoms with Crippen LogP contribution in [0.4, 0.5) is 5.69 Å². The minimum absolute atomic E-state index is 0.00169. The maximum Gasteiger partial charge on any atom is 0.251 e. The lowest BCUT2D eigenvalue weighted by Crippen LogP contribution is -2.54. The number of nitrogens with zero attached hydrogens (tertiary/aromatic N) is 3. The molecule has 3 aliphatic heterocycles. The highest BCUT2D eigenvalue weighted by Crippen LogP contribution is 2.33. The summed E-state index contributed by atoms with van der Waals surface area (Å²) >= 11 is 0. The van der Waals surface area contributed by atoms with E-state index in [0.29, 0.717) is 18.2 Å². The first-order chi connectivity index (χ1) is 17.9. The Hall–Kier alpha value is -2.49. The Morgan fingerprint density at radius 1 is 1.05 bits per heavy atom. The van der Waals surface area contributed by atoms with E-state index in [4.69, 9.17) is 9.47 Å². The van der Waals surface area contributed by atoms with E-state index >= 15 is 0 Å². The lowest BCUT2D eigenvalue weighted by Gasteiger charge is -2.38. The molecule has 3 saturated heterocycles. The highest BCUT2D eigenvalue weighted by molar-refractivity contribution is 5.99. The number of piperazine rings is 1. The molecule has 1 saturated carbocycles. The molecule has 1 aliphatic carbocycles. The third-order valence-corrected chi connectivity index (χ3v) is 8.69. The van der Waals surface area contributed by atoms with Crippen LogP contribution in [0.2, 0.25) is 0 Å². The molecule has 3 heterocycles. The minimum atomic E-state index is -0.663. The van der Waals surface area contributed by atoms with Gasteiger partial charge in [-0.3, -0.25) is 19.3 Å². The highest BCUT2D eigenvalue weighted by atomic mass is 16.5. The quantitative estimate of drug-likeness (QED) is 0.595. The normalized spacial score (nSPS) is 27.7. The summed E-state index contributed by atoms with van der Waals surface area (Å²) in [4.78, 5) is 46.1. The van der Waals surface area contributed by atoms with Gasteiger partial charge in [0.2, 0.25) is 5.91 Å². The number of carbonyl (C=O) groups is 3. The van der Waals surface area contributed by atoms with Gasteiger partial charge in [0.25, 0.3) is 5.91 Å². The van der Waals surface area contributed by atoms with Crippen molar-refractivity contribution in [3.05, 3.63) is 29.8 Å². The van der Waals surface area contributed by atoms with Crippen LogP contribution in [-0.2, 0) is 19.1 Å². The first-order valence-corrected chi connectivity index (χ1v) is 13.7. The van der Waals surface area contributed by atoms with E-state index in [1.807, 2.05) is 24.3 Å². The van der Waals surface area contributed by atoms with E-state index in [2.05, 4.69) is 29.0 Å². The maximum absolute atomic E-state index is 13.8. The SMILES string of the molecule is CO[C@H]1CN(C(=O)[C@@H](NC(=O)c2ccc(N3CCN(C(C)C)CC3)cc2)C2CCCC2)C2C(=O)COC21. The standard InChI is InChI=1S/C28H40N4O5/c1-18(2)30-12-14-31(15-13-30)21-10-8-20(9-11-21)27(34)29-24(19-6-4-5-7-19)28(35)32-16-23(36-3)26-25(32)22(33)17-37-26/h8-11,18-19,23-26H,4-7,12-17H2,1-3H3,(H,29,34)/t23-,24-,25?,26?/m0/s1. The van der Waals surface area contributed by atoms with Crippen LogP contribution in [-0.4, -0.2) is 104 Å². The number of methoxy groups -OCH3 is 1.